The Kier molecular flexibility index (Phi) is 7.85. The number of fused-ring (bicyclic) bond motifs is 1. The minimum absolute atomic E-state index is 0.146. The lowest BCUT2D eigenvalue weighted by Crippen LogP contribution is -2.34. The molecule has 0 bridgehead atoms. The monoisotopic (exact) mass is 416 g/mol. The van der Waals surface area contributed by atoms with E-state index >= 15 is 0 Å². The molecule has 2 rings (SSSR count). The molecule has 0 N–H and O–H groups in total. The second kappa shape index (κ2) is 9.49. The lowest BCUT2D eigenvalue weighted by Gasteiger charge is -2.30. The van der Waals surface area contributed by atoms with E-state index in [1.807, 2.05) is 13.8 Å². The van der Waals surface area contributed by atoms with Crippen LogP contribution in [0.4, 0.5) is 0 Å². The summed E-state index contributed by atoms with van der Waals surface area (Å²) in [7, 11) is -2.39. The molecule has 8 heteroatoms. The zero-order chi connectivity index (χ0) is 20.2. The van der Waals surface area contributed by atoms with Crippen molar-refractivity contribution in [1.82, 2.24) is 9.21 Å². The molecule has 1 aromatic heterocycles. The number of ether oxygens (including phenoxy) is 1. The SMILES string of the molecule is CCC(CC)CN1CCc2c(sc(S(=O)(=O)N(CC)CC)c2C(=O)OC)C1. The molecule has 6 nitrogen and oxygen atoms in total. The highest BCUT2D eigenvalue weighted by atomic mass is 32.2. The van der Waals surface area contributed by atoms with E-state index in [0.717, 1.165) is 36.4 Å². The summed E-state index contributed by atoms with van der Waals surface area (Å²) in [5.41, 5.74) is 1.12. The molecule has 1 aliphatic heterocycles. The van der Waals surface area contributed by atoms with E-state index < -0.39 is 16.0 Å². The number of nitrogens with zero attached hydrogens (tertiary/aromatic N) is 2. The lowest BCUT2D eigenvalue weighted by molar-refractivity contribution is 0.0595. The van der Waals surface area contributed by atoms with Gasteiger partial charge in [0.05, 0.1) is 12.7 Å². The Morgan fingerprint density at radius 1 is 1.22 bits per heavy atom. The van der Waals surface area contributed by atoms with Gasteiger partial charge in [0.2, 0.25) is 0 Å². The fourth-order valence-corrected chi connectivity index (χ4v) is 7.20. The zero-order valence-corrected chi connectivity index (χ0v) is 18.7. The van der Waals surface area contributed by atoms with Gasteiger partial charge in [-0.1, -0.05) is 40.5 Å². The summed E-state index contributed by atoms with van der Waals surface area (Å²) >= 11 is 1.25. The largest absolute Gasteiger partial charge is 0.465 e. The first-order valence-corrected chi connectivity index (χ1v) is 12.0. The minimum Gasteiger partial charge on any atom is -0.465 e. The van der Waals surface area contributed by atoms with Crippen molar-refractivity contribution in [2.45, 2.75) is 57.7 Å². The van der Waals surface area contributed by atoms with E-state index in [0.29, 0.717) is 32.0 Å². The zero-order valence-electron chi connectivity index (χ0n) is 17.1. The third-order valence-electron chi connectivity index (χ3n) is 5.44. The predicted octanol–water partition coefficient (Wildman–Crippen LogP) is 3.36. The number of sulfonamides is 1. The number of thiophene rings is 1. The Morgan fingerprint density at radius 2 is 1.85 bits per heavy atom. The highest BCUT2D eigenvalue weighted by Gasteiger charge is 2.36. The molecule has 1 aromatic rings. The van der Waals surface area contributed by atoms with Crippen LogP contribution in [0.25, 0.3) is 0 Å². The van der Waals surface area contributed by atoms with Crippen LogP contribution in [0.1, 0.15) is 61.3 Å². The van der Waals surface area contributed by atoms with Crippen molar-refractivity contribution in [1.29, 1.82) is 0 Å². The summed E-state index contributed by atoms with van der Waals surface area (Å²) in [5.74, 6) is 0.0946. The van der Waals surface area contributed by atoms with Gasteiger partial charge in [-0.3, -0.25) is 4.90 Å². The molecular weight excluding hydrogens is 384 g/mol. The molecule has 0 aliphatic carbocycles. The third kappa shape index (κ3) is 4.55. The quantitative estimate of drug-likeness (QED) is 0.578. The van der Waals surface area contributed by atoms with Crippen molar-refractivity contribution < 1.29 is 17.9 Å². The van der Waals surface area contributed by atoms with Gasteiger partial charge in [0.1, 0.15) is 4.21 Å². The highest BCUT2D eigenvalue weighted by molar-refractivity contribution is 7.91. The van der Waals surface area contributed by atoms with Crippen LogP contribution in [0.15, 0.2) is 4.21 Å². The van der Waals surface area contributed by atoms with E-state index in [2.05, 4.69) is 18.7 Å². The van der Waals surface area contributed by atoms with E-state index in [-0.39, 0.29) is 9.77 Å². The van der Waals surface area contributed by atoms with Crippen molar-refractivity contribution in [3.63, 3.8) is 0 Å². The van der Waals surface area contributed by atoms with Gasteiger partial charge >= 0.3 is 5.97 Å². The fraction of sp³-hybridized carbons (Fsp3) is 0.737. The van der Waals surface area contributed by atoms with Crippen LogP contribution < -0.4 is 0 Å². The molecule has 0 spiro atoms. The van der Waals surface area contributed by atoms with Gasteiger partial charge in [-0.05, 0) is 17.9 Å². The Hall–Kier alpha value is -0.960. The first-order valence-electron chi connectivity index (χ1n) is 9.79. The lowest BCUT2D eigenvalue weighted by atomic mass is 9.99. The Morgan fingerprint density at radius 3 is 2.37 bits per heavy atom. The summed E-state index contributed by atoms with van der Waals surface area (Å²) in [6.07, 6.45) is 2.96. The smallest absolute Gasteiger partial charge is 0.340 e. The standard InChI is InChI=1S/C19H32N2O4S2/c1-6-14(7-2)12-20-11-10-15-16(13-20)26-19(17(15)18(22)25-5)27(23,24)21(8-3)9-4/h14H,6-13H2,1-5H3. The Labute approximate surface area is 167 Å². The van der Waals surface area contributed by atoms with Gasteiger partial charge in [-0.2, -0.15) is 4.31 Å². The maximum absolute atomic E-state index is 13.1. The number of carbonyl (C=O) groups excluding carboxylic acids is 1. The van der Waals surface area contributed by atoms with Crippen molar-refractivity contribution in [2.24, 2.45) is 5.92 Å². The normalized spacial score (nSPS) is 15.4. The maximum Gasteiger partial charge on any atom is 0.340 e. The van der Waals surface area contributed by atoms with Gasteiger partial charge in [0, 0.05) is 37.6 Å². The predicted molar refractivity (Wildman–Crippen MR) is 109 cm³/mol. The molecule has 0 saturated heterocycles. The third-order valence-corrected chi connectivity index (χ3v) is 9.21. The van der Waals surface area contributed by atoms with E-state index in [4.69, 9.17) is 4.74 Å². The van der Waals surface area contributed by atoms with E-state index in [1.165, 1.54) is 22.8 Å². The van der Waals surface area contributed by atoms with Crippen LogP contribution in [-0.2, 0) is 27.7 Å². The van der Waals surface area contributed by atoms with Gasteiger partial charge in [0.15, 0.2) is 0 Å². The fourth-order valence-electron chi connectivity index (χ4n) is 3.67. The number of rotatable bonds is 9. The van der Waals surface area contributed by atoms with Crippen LogP contribution in [0, 0.1) is 5.92 Å². The molecule has 0 radical (unpaired) electrons. The molecular formula is C19H32N2O4S2. The van der Waals surface area contributed by atoms with Crippen LogP contribution in [0.5, 0.6) is 0 Å². The maximum atomic E-state index is 13.1. The molecule has 0 unspecified atom stereocenters. The van der Waals surface area contributed by atoms with Crippen LogP contribution in [0.2, 0.25) is 0 Å². The molecule has 1 aliphatic rings. The number of methoxy groups -OCH3 is 1. The van der Waals surface area contributed by atoms with Gasteiger partial charge < -0.3 is 4.74 Å². The molecule has 154 valence electrons. The second-order valence-electron chi connectivity index (χ2n) is 6.91. The second-order valence-corrected chi connectivity index (χ2v) is 10.2. The highest BCUT2D eigenvalue weighted by Crippen LogP contribution is 2.38. The molecule has 2 heterocycles. The van der Waals surface area contributed by atoms with Crippen molar-refractivity contribution in [3.05, 3.63) is 16.0 Å². The first kappa shape index (κ1) is 22.3. The van der Waals surface area contributed by atoms with Crippen LogP contribution in [-0.4, -0.2) is 56.9 Å². The summed E-state index contributed by atoms with van der Waals surface area (Å²) in [4.78, 5) is 15.8. The van der Waals surface area contributed by atoms with Gasteiger partial charge in [-0.25, -0.2) is 13.2 Å². The summed E-state index contributed by atoms with van der Waals surface area (Å²) in [6, 6.07) is 0. The van der Waals surface area contributed by atoms with E-state index in [1.54, 1.807) is 0 Å². The van der Waals surface area contributed by atoms with Crippen LogP contribution >= 0.6 is 11.3 Å². The summed E-state index contributed by atoms with van der Waals surface area (Å²) < 4.78 is 32.7. The molecule has 0 amide bonds. The molecule has 0 fully saturated rings. The van der Waals surface area contributed by atoms with Crippen molar-refractivity contribution >= 4 is 27.3 Å². The Balaban J connectivity index is 2.44. The number of esters is 1. The first-order chi connectivity index (χ1) is 12.8. The summed E-state index contributed by atoms with van der Waals surface area (Å²) in [6.45, 7) is 11.3. The van der Waals surface area contributed by atoms with Gasteiger partial charge in [0.25, 0.3) is 10.0 Å². The average molecular weight is 417 g/mol. The molecule has 0 atom stereocenters. The molecule has 0 saturated carbocycles. The number of hydrogen-bond acceptors (Lipinski definition) is 6. The van der Waals surface area contributed by atoms with Gasteiger partial charge in [-0.15, -0.1) is 11.3 Å². The van der Waals surface area contributed by atoms with Crippen LogP contribution in [0.3, 0.4) is 0 Å². The van der Waals surface area contributed by atoms with Crippen molar-refractivity contribution in [3.8, 4) is 0 Å². The van der Waals surface area contributed by atoms with Crippen molar-refractivity contribution in [2.75, 3.05) is 33.3 Å². The van der Waals surface area contributed by atoms with E-state index in [9.17, 15) is 13.2 Å². The molecule has 0 aromatic carbocycles. The number of hydrogen-bond donors (Lipinski definition) is 0. The summed E-state index contributed by atoms with van der Waals surface area (Å²) in [5, 5.41) is 0. The minimum atomic E-state index is -3.70. The Bertz CT molecular complexity index is 750. The topological polar surface area (TPSA) is 66.9 Å². The molecule has 27 heavy (non-hydrogen) atoms. The number of carbonyl (C=O) groups is 1. The average Bonchev–Trinajstić information content (AvgIpc) is 3.05.